The minimum atomic E-state index is 0.245. The number of fused-ring (bicyclic) bond motifs is 4. The predicted octanol–water partition coefficient (Wildman–Crippen LogP) is 18.4. The molecular formula is C67H64N2O6. The number of ether oxygens (including phenoxy) is 1. The number of aromatic hydroxyl groups is 1. The highest BCUT2D eigenvalue weighted by atomic mass is 16.5. The summed E-state index contributed by atoms with van der Waals surface area (Å²) in [4.78, 5) is 2.10. The van der Waals surface area contributed by atoms with Gasteiger partial charge in [0.1, 0.15) is 56.9 Å². The molecule has 0 aliphatic carbocycles. The van der Waals surface area contributed by atoms with Crippen molar-refractivity contribution < 1.29 is 27.5 Å². The van der Waals surface area contributed by atoms with E-state index in [1.807, 2.05) is 74.8 Å². The van der Waals surface area contributed by atoms with Crippen LogP contribution in [0.4, 0.5) is 11.4 Å². The molecule has 12 rings (SSSR count). The first kappa shape index (κ1) is 51.0. The number of nitrogen functional groups attached to an aromatic ring is 1. The molecule has 8 aromatic carbocycles. The Hall–Kier alpha value is -8.88. The third-order valence-corrected chi connectivity index (χ3v) is 13.0. The Kier molecular flexibility index (Phi) is 15.9. The van der Waals surface area contributed by atoms with E-state index in [4.69, 9.17) is 28.1 Å². The van der Waals surface area contributed by atoms with Crippen molar-refractivity contribution in [1.29, 1.82) is 0 Å². The van der Waals surface area contributed by atoms with Gasteiger partial charge in [-0.1, -0.05) is 116 Å². The van der Waals surface area contributed by atoms with Gasteiger partial charge in [-0.25, -0.2) is 0 Å². The second-order valence-corrected chi connectivity index (χ2v) is 19.1. The van der Waals surface area contributed by atoms with Gasteiger partial charge in [0, 0.05) is 69.3 Å². The Morgan fingerprint density at radius 3 is 1.29 bits per heavy atom. The number of rotatable bonds is 10. The lowest BCUT2D eigenvalue weighted by Gasteiger charge is -2.11. The van der Waals surface area contributed by atoms with Crippen molar-refractivity contribution in [2.24, 2.45) is 0 Å². The maximum absolute atomic E-state index is 9.49. The maximum Gasteiger partial charge on any atom is 0.135 e. The molecule has 0 aliphatic heterocycles. The zero-order valence-corrected chi connectivity index (χ0v) is 43.8. The fraction of sp³-hybridized carbons (Fsp3) is 0.164. The van der Waals surface area contributed by atoms with Crippen LogP contribution in [0.25, 0.3) is 89.2 Å². The number of benzene rings is 8. The first-order valence-electron chi connectivity index (χ1n) is 25.6. The van der Waals surface area contributed by atoms with Crippen LogP contribution in [0, 0.1) is 20.8 Å². The average Bonchev–Trinajstić information content (AvgIpc) is 4.25. The van der Waals surface area contributed by atoms with E-state index < -0.39 is 0 Å². The van der Waals surface area contributed by atoms with Crippen LogP contribution in [0.1, 0.15) is 48.9 Å². The van der Waals surface area contributed by atoms with Crippen LogP contribution in [0.15, 0.2) is 212 Å². The lowest BCUT2D eigenvalue weighted by Crippen LogP contribution is -2.07. The summed E-state index contributed by atoms with van der Waals surface area (Å²) < 4.78 is 29.0. The monoisotopic (exact) mass is 992 g/mol. The van der Waals surface area contributed by atoms with Crippen LogP contribution in [0.3, 0.4) is 0 Å². The summed E-state index contributed by atoms with van der Waals surface area (Å²) in [5.74, 6) is 4.65. The van der Waals surface area contributed by atoms with Crippen LogP contribution >= 0.6 is 0 Å². The van der Waals surface area contributed by atoms with Gasteiger partial charge in [-0.05, 0) is 154 Å². The van der Waals surface area contributed by atoms with Gasteiger partial charge in [0.25, 0.3) is 0 Å². The van der Waals surface area contributed by atoms with Crippen LogP contribution in [-0.2, 0) is 6.42 Å². The predicted molar refractivity (Wildman–Crippen MR) is 311 cm³/mol. The van der Waals surface area contributed by atoms with Gasteiger partial charge in [0.2, 0.25) is 0 Å². The molecule has 8 nitrogen and oxygen atoms in total. The second-order valence-electron chi connectivity index (χ2n) is 19.1. The highest BCUT2D eigenvalue weighted by Gasteiger charge is 2.11. The number of nitrogens with two attached hydrogens (primary N) is 1. The van der Waals surface area contributed by atoms with Gasteiger partial charge in [-0.15, -0.1) is 0 Å². The molecule has 0 spiro atoms. The van der Waals surface area contributed by atoms with Crippen LogP contribution in [0.5, 0.6) is 11.5 Å². The number of phenolic OH excluding ortho intramolecular Hbond substituents is 1. The number of furan rings is 4. The molecule has 0 radical (unpaired) electrons. The number of unbranched alkanes of at least 4 members (excludes halogenated alkanes) is 1. The molecule has 4 aromatic heterocycles. The van der Waals surface area contributed by atoms with Crippen LogP contribution in [0.2, 0.25) is 0 Å². The fourth-order valence-corrected chi connectivity index (χ4v) is 8.49. The second kappa shape index (κ2) is 23.3. The molecule has 12 aromatic rings. The number of hydrogen-bond donors (Lipinski definition) is 2. The summed E-state index contributed by atoms with van der Waals surface area (Å²) in [6, 6.07) is 64.6. The van der Waals surface area contributed by atoms with E-state index in [-0.39, 0.29) is 5.75 Å². The van der Waals surface area contributed by atoms with E-state index in [9.17, 15) is 5.11 Å². The van der Waals surface area contributed by atoms with E-state index in [1.54, 1.807) is 18.2 Å². The van der Waals surface area contributed by atoms with Crippen LogP contribution in [-0.4, -0.2) is 25.8 Å². The van der Waals surface area contributed by atoms with E-state index in [0.717, 1.165) is 121 Å². The van der Waals surface area contributed by atoms with Gasteiger partial charge in [0.05, 0.1) is 6.61 Å². The van der Waals surface area contributed by atoms with Crippen molar-refractivity contribution in [3.63, 3.8) is 0 Å². The molecule has 8 heteroatoms. The standard InChI is InChI=1S/C18H18O3.C17H17NO.C17H16O.C15H13NO/c1-2-3-10-20-16-7-4-13(5-8-16)18-12-14-11-15(19)6-9-17(14)21-18;1-12-4-6-13(7-5-12)17-11-14-10-15(18(2)3)8-9-16(14)19-17;1-3-13-6-9-16-15(10-13)11-17(18-16)14-7-4-12(2)5-8-14;1-10-2-4-11(5-3-10)15-9-12-8-13(16)6-7-14(12)17-15/h4-9,11-12,19H,2-3,10H2,1H3;4-11H,1-3H3;4-11H,3H2,1-2H3;2-9H,16H2,1H3. The van der Waals surface area contributed by atoms with E-state index in [0.29, 0.717) is 0 Å². The molecule has 0 amide bonds. The molecule has 0 atom stereocenters. The van der Waals surface area contributed by atoms with Crippen molar-refractivity contribution in [1.82, 2.24) is 0 Å². The Bertz CT molecular complexity index is 3780. The Labute approximate surface area is 439 Å². The Balaban J connectivity index is 0.000000123. The average molecular weight is 993 g/mol. The van der Waals surface area contributed by atoms with Gasteiger partial charge in [-0.3, -0.25) is 0 Å². The number of anilines is 2. The molecule has 0 fully saturated rings. The normalized spacial score (nSPS) is 10.9. The fourth-order valence-electron chi connectivity index (χ4n) is 8.49. The van der Waals surface area contributed by atoms with Crippen LogP contribution < -0.4 is 15.4 Å². The maximum atomic E-state index is 9.49. The summed E-state index contributed by atoms with van der Waals surface area (Å²) in [7, 11) is 4.09. The molecular weight excluding hydrogens is 929 g/mol. The zero-order chi connectivity index (χ0) is 52.4. The molecule has 0 unspecified atom stereocenters. The summed E-state index contributed by atoms with van der Waals surface area (Å²) in [5.41, 5.74) is 20.7. The third kappa shape index (κ3) is 12.8. The number of nitrogens with zero attached hydrogens (tertiary/aromatic N) is 1. The third-order valence-electron chi connectivity index (χ3n) is 13.0. The zero-order valence-electron chi connectivity index (χ0n) is 43.8. The lowest BCUT2D eigenvalue weighted by atomic mass is 10.1. The SMILES string of the molecule is CCCCOc1ccc(-c2cc3cc(O)ccc3o2)cc1.CCc1ccc2oc(-c3ccc(C)cc3)cc2c1.Cc1ccc(-c2cc3cc(N(C)C)ccc3o2)cc1.Cc1ccc(-c2cc3cc(N)ccc3o2)cc1. The first-order valence-corrected chi connectivity index (χ1v) is 25.6. The first-order chi connectivity index (χ1) is 36.4. The van der Waals surface area contributed by atoms with E-state index >= 15 is 0 Å². The number of phenols is 1. The van der Waals surface area contributed by atoms with E-state index in [2.05, 4.69) is 155 Å². The molecule has 0 saturated heterocycles. The largest absolute Gasteiger partial charge is 0.508 e. The molecule has 378 valence electrons. The minimum absolute atomic E-state index is 0.245. The lowest BCUT2D eigenvalue weighted by molar-refractivity contribution is 0.309. The Morgan fingerprint density at radius 2 is 0.840 bits per heavy atom. The molecule has 0 bridgehead atoms. The van der Waals surface area contributed by atoms with Crippen molar-refractivity contribution in [3.05, 3.63) is 216 Å². The summed E-state index contributed by atoms with van der Waals surface area (Å²) in [5, 5.41) is 13.8. The number of hydrogen-bond acceptors (Lipinski definition) is 8. The molecule has 3 N–H and O–H groups in total. The highest BCUT2D eigenvalue weighted by Crippen LogP contribution is 2.34. The van der Waals surface area contributed by atoms with Gasteiger partial charge in [0.15, 0.2) is 0 Å². The molecule has 0 saturated carbocycles. The Morgan fingerprint density at radius 1 is 0.440 bits per heavy atom. The van der Waals surface area contributed by atoms with Gasteiger partial charge >= 0.3 is 0 Å². The van der Waals surface area contributed by atoms with Gasteiger partial charge < -0.3 is 38.1 Å². The van der Waals surface area contributed by atoms with Crippen molar-refractivity contribution in [2.45, 2.75) is 53.9 Å². The van der Waals surface area contributed by atoms with Crippen molar-refractivity contribution >= 4 is 55.3 Å². The topological polar surface area (TPSA) is 111 Å². The molecule has 4 heterocycles. The van der Waals surface area contributed by atoms with Crippen molar-refractivity contribution in [2.75, 3.05) is 31.3 Å². The smallest absolute Gasteiger partial charge is 0.135 e. The number of aryl methyl sites for hydroxylation is 4. The van der Waals surface area contributed by atoms with Gasteiger partial charge in [-0.2, -0.15) is 0 Å². The van der Waals surface area contributed by atoms with E-state index in [1.165, 1.54) is 33.3 Å². The summed E-state index contributed by atoms with van der Waals surface area (Å²) >= 11 is 0. The molecule has 75 heavy (non-hydrogen) atoms. The summed E-state index contributed by atoms with van der Waals surface area (Å²) in [6.07, 6.45) is 3.25. The summed E-state index contributed by atoms with van der Waals surface area (Å²) in [6.45, 7) is 11.3. The van der Waals surface area contributed by atoms with Crippen molar-refractivity contribution in [3.8, 4) is 56.8 Å². The minimum Gasteiger partial charge on any atom is -0.508 e. The highest BCUT2D eigenvalue weighted by molar-refractivity contribution is 5.88. The quantitative estimate of drug-likeness (QED) is 0.103. The molecule has 0 aliphatic rings.